The summed E-state index contributed by atoms with van der Waals surface area (Å²) >= 11 is 3.47. The molecule has 0 spiro atoms. The van der Waals surface area contributed by atoms with Crippen molar-refractivity contribution in [2.24, 2.45) is 7.05 Å². The smallest absolute Gasteiger partial charge is 0.119 e. The van der Waals surface area contributed by atoms with Gasteiger partial charge in [0.05, 0.1) is 23.0 Å². The number of hydrogen-bond acceptors (Lipinski definition) is 3. The van der Waals surface area contributed by atoms with Crippen LogP contribution in [0.15, 0.2) is 65.3 Å². The first kappa shape index (κ1) is 17.1. The summed E-state index contributed by atoms with van der Waals surface area (Å²) in [5.74, 6) is 0.872. The fraction of sp³-hybridized carbons (Fsp3) is 0.167. The Hall–Kier alpha value is -2.27. The van der Waals surface area contributed by atoms with E-state index >= 15 is 0 Å². The quantitative estimate of drug-likeness (QED) is 0.686. The van der Waals surface area contributed by atoms with E-state index in [9.17, 15) is 0 Å². The van der Waals surface area contributed by atoms with Crippen molar-refractivity contribution < 1.29 is 4.74 Å². The molecule has 23 heavy (non-hydrogen) atoms. The second-order valence-corrected chi connectivity index (χ2v) is 5.69. The molecule has 3 aromatic rings. The molecule has 5 heteroatoms. The summed E-state index contributed by atoms with van der Waals surface area (Å²) in [5, 5.41) is 4.16. The zero-order valence-corrected chi connectivity index (χ0v) is 14.8. The lowest BCUT2D eigenvalue weighted by Crippen LogP contribution is -1.93. The molecule has 2 N–H and O–H groups in total. The molecule has 4 nitrogen and oxygen atoms in total. The van der Waals surface area contributed by atoms with Crippen molar-refractivity contribution in [3.8, 4) is 17.0 Å². The Labute approximate surface area is 145 Å². The predicted molar refractivity (Wildman–Crippen MR) is 98.4 cm³/mol. The first-order valence-electron chi connectivity index (χ1n) is 7.33. The third-order valence-electron chi connectivity index (χ3n) is 3.13. The molecule has 1 heterocycles. The Balaban J connectivity index is 0.000000174. The number of halogens is 1. The molecular formula is C18H20BrN3O. The monoisotopic (exact) mass is 373 g/mol. The van der Waals surface area contributed by atoms with Crippen molar-refractivity contribution >= 4 is 21.6 Å². The Morgan fingerprint density at radius 3 is 2.26 bits per heavy atom. The summed E-state index contributed by atoms with van der Waals surface area (Å²) in [6.07, 6.45) is 1.81. The number of ether oxygens (including phenoxy) is 1. The fourth-order valence-electron chi connectivity index (χ4n) is 2.06. The zero-order valence-electron chi connectivity index (χ0n) is 13.2. The number of aryl methyl sites for hydroxylation is 1. The van der Waals surface area contributed by atoms with Crippen molar-refractivity contribution in [2.45, 2.75) is 6.92 Å². The average Bonchev–Trinajstić information content (AvgIpc) is 2.90. The molecule has 0 radical (unpaired) electrons. The lowest BCUT2D eigenvalue weighted by atomic mass is 10.1. The minimum Gasteiger partial charge on any atom is -0.494 e. The summed E-state index contributed by atoms with van der Waals surface area (Å²) < 4.78 is 8.09. The molecule has 0 aliphatic heterocycles. The van der Waals surface area contributed by atoms with Crippen LogP contribution < -0.4 is 10.5 Å². The number of aromatic nitrogens is 2. The molecule has 0 fully saturated rings. The van der Waals surface area contributed by atoms with Crippen LogP contribution in [0.4, 0.5) is 5.69 Å². The largest absolute Gasteiger partial charge is 0.494 e. The molecule has 0 aliphatic rings. The average molecular weight is 374 g/mol. The molecule has 2 aromatic carbocycles. The number of nitrogens with zero attached hydrogens (tertiary/aromatic N) is 2. The number of nitrogens with two attached hydrogens (primary N) is 1. The number of rotatable bonds is 3. The van der Waals surface area contributed by atoms with Crippen molar-refractivity contribution in [2.75, 3.05) is 12.3 Å². The summed E-state index contributed by atoms with van der Waals surface area (Å²) in [6, 6.07) is 17.6. The van der Waals surface area contributed by atoms with Gasteiger partial charge in [0.15, 0.2) is 0 Å². The van der Waals surface area contributed by atoms with Crippen LogP contribution in [0.25, 0.3) is 11.3 Å². The van der Waals surface area contributed by atoms with Crippen LogP contribution >= 0.6 is 15.9 Å². The van der Waals surface area contributed by atoms with E-state index < -0.39 is 0 Å². The van der Waals surface area contributed by atoms with Crippen LogP contribution in [0.2, 0.25) is 0 Å². The van der Waals surface area contributed by atoms with E-state index in [0.29, 0.717) is 6.61 Å². The van der Waals surface area contributed by atoms with Crippen LogP contribution in [0.1, 0.15) is 6.92 Å². The zero-order chi connectivity index (χ0) is 16.7. The van der Waals surface area contributed by atoms with Gasteiger partial charge in [-0.05, 0) is 47.1 Å². The van der Waals surface area contributed by atoms with E-state index in [2.05, 4.69) is 33.2 Å². The summed E-state index contributed by atoms with van der Waals surface area (Å²) in [6.45, 7) is 2.65. The minimum absolute atomic E-state index is 0.698. The van der Waals surface area contributed by atoms with Crippen molar-refractivity contribution in [3.05, 3.63) is 65.3 Å². The van der Waals surface area contributed by atoms with Gasteiger partial charge in [-0.15, -0.1) is 0 Å². The normalized spacial score (nSPS) is 9.87. The van der Waals surface area contributed by atoms with Crippen LogP contribution in [0.5, 0.6) is 5.75 Å². The fourth-order valence-corrected chi connectivity index (χ4v) is 2.64. The van der Waals surface area contributed by atoms with E-state index in [1.807, 2.05) is 67.3 Å². The van der Waals surface area contributed by atoms with Gasteiger partial charge in [0.2, 0.25) is 0 Å². The number of nitrogen functional groups attached to an aromatic ring is 1. The van der Waals surface area contributed by atoms with Crippen LogP contribution in [-0.2, 0) is 7.05 Å². The van der Waals surface area contributed by atoms with Crippen LogP contribution in [-0.4, -0.2) is 16.4 Å². The predicted octanol–water partition coefficient (Wildman–Crippen LogP) is 4.52. The molecule has 120 valence electrons. The van der Waals surface area contributed by atoms with Crippen LogP contribution in [0, 0.1) is 0 Å². The van der Waals surface area contributed by atoms with Gasteiger partial charge < -0.3 is 10.5 Å². The number of anilines is 1. The molecular weight excluding hydrogens is 354 g/mol. The lowest BCUT2D eigenvalue weighted by molar-refractivity contribution is 0.340. The SMILES string of the molecule is CCOc1ccc(N)cc1.Cn1ncc(Br)c1-c1ccccc1. The van der Waals surface area contributed by atoms with Gasteiger partial charge in [0.25, 0.3) is 0 Å². The molecule has 0 amide bonds. The molecule has 0 bridgehead atoms. The van der Waals surface area contributed by atoms with E-state index in [1.54, 1.807) is 0 Å². The van der Waals surface area contributed by atoms with Crippen molar-refractivity contribution in [1.82, 2.24) is 9.78 Å². The van der Waals surface area contributed by atoms with Crippen molar-refractivity contribution in [1.29, 1.82) is 0 Å². The summed E-state index contributed by atoms with van der Waals surface area (Å²) in [5.41, 5.74) is 8.52. The van der Waals surface area contributed by atoms with E-state index in [-0.39, 0.29) is 0 Å². The van der Waals surface area contributed by atoms with Gasteiger partial charge in [-0.2, -0.15) is 5.10 Å². The third kappa shape index (κ3) is 4.86. The standard InChI is InChI=1S/C10H9BrN2.C8H11NO/c1-13-10(9(11)7-12-13)8-5-3-2-4-6-8;1-2-10-8-5-3-7(9)4-6-8/h2-7H,1H3;3-6H,2,9H2,1H3. The highest BCUT2D eigenvalue weighted by Gasteiger charge is 2.06. The number of hydrogen-bond donors (Lipinski definition) is 1. The highest BCUT2D eigenvalue weighted by atomic mass is 79.9. The van der Waals surface area contributed by atoms with E-state index in [1.165, 1.54) is 5.56 Å². The van der Waals surface area contributed by atoms with Gasteiger partial charge >= 0.3 is 0 Å². The topological polar surface area (TPSA) is 53.1 Å². The van der Waals surface area contributed by atoms with Gasteiger partial charge in [-0.3, -0.25) is 4.68 Å². The molecule has 0 saturated heterocycles. The van der Waals surface area contributed by atoms with Gasteiger partial charge in [0.1, 0.15) is 5.75 Å². The number of benzene rings is 2. The Bertz CT molecular complexity index is 704. The summed E-state index contributed by atoms with van der Waals surface area (Å²) in [4.78, 5) is 0. The molecule has 0 aliphatic carbocycles. The maximum absolute atomic E-state index is 5.47. The Morgan fingerprint density at radius 2 is 1.74 bits per heavy atom. The highest BCUT2D eigenvalue weighted by Crippen LogP contribution is 2.26. The van der Waals surface area contributed by atoms with Gasteiger partial charge in [-0.25, -0.2) is 0 Å². The highest BCUT2D eigenvalue weighted by molar-refractivity contribution is 9.10. The first-order valence-corrected chi connectivity index (χ1v) is 8.12. The van der Waals surface area contributed by atoms with Crippen molar-refractivity contribution in [3.63, 3.8) is 0 Å². The molecule has 0 unspecified atom stereocenters. The second-order valence-electron chi connectivity index (χ2n) is 4.83. The maximum atomic E-state index is 5.47. The molecule has 0 atom stereocenters. The lowest BCUT2D eigenvalue weighted by Gasteiger charge is -2.01. The summed E-state index contributed by atoms with van der Waals surface area (Å²) in [7, 11) is 1.94. The third-order valence-corrected chi connectivity index (χ3v) is 3.71. The van der Waals surface area contributed by atoms with Gasteiger partial charge in [-0.1, -0.05) is 30.3 Å². The van der Waals surface area contributed by atoms with E-state index in [0.717, 1.165) is 21.6 Å². The maximum Gasteiger partial charge on any atom is 0.119 e. The Morgan fingerprint density at radius 1 is 1.09 bits per heavy atom. The minimum atomic E-state index is 0.698. The van der Waals surface area contributed by atoms with Gasteiger partial charge in [0, 0.05) is 18.3 Å². The van der Waals surface area contributed by atoms with E-state index in [4.69, 9.17) is 10.5 Å². The first-order chi connectivity index (χ1) is 11.1. The Kier molecular flexibility index (Phi) is 6.23. The van der Waals surface area contributed by atoms with Crippen LogP contribution in [0.3, 0.4) is 0 Å². The molecule has 3 rings (SSSR count). The second kappa shape index (κ2) is 8.39. The molecule has 1 aromatic heterocycles. The molecule has 0 saturated carbocycles.